The zero-order chi connectivity index (χ0) is 18.5. The van der Waals surface area contributed by atoms with E-state index in [0.717, 1.165) is 33.1 Å². The molecule has 5 heteroatoms. The lowest BCUT2D eigenvalue weighted by molar-refractivity contribution is -0.129. The lowest BCUT2D eigenvalue weighted by atomic mass is 9.86. The molecule has 0 bridgehead atoms. The van der Waals surface area contributed by atoms with Gasteiger partial charge < -0.3 is 9.73 Å². The number of hydrogen-bond donors (Lipinski definition) is 2. The van der Waals surface area contributed by atoms with E-state index in [1.807, 2.05) is 50.2 Å². The molecule has 1 aliphatic heterocycles. The third-order valence-electron chi connectivity index (χ3n) is 4.98. The Morgan fingerprint density at radius 1 is 1.19 bits per heavy atom. The number of nitrogens with one attached hydrogen (secondary N) is 2. The fraction of sp³-hybridized carbons (Fsp3) is 0.238. The monoisotopic (exact) mass is 345 g/mol. The molecule has 0 saturated carbocycles. The molecule has 4 rings (SSSR count). The molecule has 1 aliphatic rings. The van der Waals surface area contributed by atoms with Gasteiger partial charge in [-0.25, -0.2) is 0 Å². The van der Waals surface area contributed by atoms with Crippen LogP contribution in [0.4, 0.5) is 0 Å². The molecule has 2 heterocycles. The molecule has 3 aromatic rings. The average molecular weight is 345 g/mol. The second-order valence-corrected chi connectivity index (χ2v) is 6.83. The second kappa shape index (κ2) is 5.63. The summed E-state index contributed by atoms with van der Waals surface area (Å²) in [5, 5.41) is 13.2. The van der Waals surface area contributed by atoms with Gasteiger partial charge >= 0.3 is 0 Å². The van der Waals surface area contributed by atoms with E-state index in [9.17, 15) is 4.79 Å². The van der Waals surface area contributed by atoms with E-state index in [0.29, 0.717) is 6.42 Å². The van der Waals surface area contributed by atoms with Gasteiger partial charge in [0.2, 0.25) is 5.91 Å². The molecule has 2 N–H and O–H groups in total. The van der Waals surface area contributed by atoms with Crippen LogP contribution in [-0.2, 0) is 10.3 Å². The predicted molar refractivity (Wildman–Crippen MR) is 102 cm³/mol. The van der Waals surface area contributed by atoms with Gasteiger partial charge in [-0.05, 0) is 49.7 Å². The lowest BCUT2D eigenvalue weighted by Crippen LogP contribution is -2.58. The van der Waals surface area contributed by atoms with Gasteiger partial charge in [0.15, 0.2) is 5.96 Å². The van der Waals surface area contributed by atoms with Crippen LogP contribution in [0.1, 0.15) is 31.4 Å². The Hall–Kier alpha value is -3.26. The molecule has 1 fully saturated rings. The highest BCUT2D eigenvalue weighted by Gasteiger charge is 2.38. The van der Waals surface area contributed by atoms with E-state index in [1.165, 1.54) is 4.90 Å². The van der Waals surface area contributed by atoms with E-state index in [-0.39, 0.29) is 11.9 Å². The molecule has 1 aromatic heterocycles. The van der Waals surface area contributed by atoms with Crippen LogP contribution < -0.4 is 5.32 Å². The summed E-state index contributed by atoms with van der Waals surface area (Å²) in [4.78, 5) is 13.6. The van der Waals surface area contributed by atoms with E-state index < -0.39 is 5.54 Å². The first kappa shape index (κ1) is 16.2. The van der Waals surface area contributed by atoms with Gasteiger partial charge in [0.1, 0.15) is 11.2 Å². The molecular weight excluding hydrogens is 326 g/mol. The number of fused-ring (bicyclic) bond motifs is 3. The summed E-state index contributed by atoms with van der Waals surface area (Å²) in [6, 6.07) is 11.8. The van der Waals surface area contributed by atoms with E-state index in [4.69, 9.17) is 9.83 Å². The van der Waals surface area contributed by atoms with Crippen LogP contribution >= 0.6 is 0 Å². The molecule has 0 radical (unpaired) electrons. The first-order valence-electron chi connectivity index (χ1n) is 8.44. The third-order valence-corrected chi connectivity index (χ3v) is 4.98. The summed E-state index contributed by atoms with van der Waals surface area (Å²) < 4.78 is 5.93. The fourth-order valence-electron chi connectivity index (χ4n) is 3.45. The molecule has 2 aromatic carbocycles. The van der Waals surface area contributed by atoms with Crippen molar-refractivity contribution < 1.29 is 9.21 Å². The normalized spacial score (nSPS) is 20.2. The average Bonchev–Trinajstić information content (AvgIpc) is 2.97. The number of carbonyl (C=O) groups is 1. The van der Waals surface area contributed by atoms with Crippen LogP contribution in [0.2, 0.25) is 0 Å². The zero-order valence-electron chi connectivity index (χ0n) is 14.9. The maximum Gasteiger partial charge on any atom is 0.231 e. The van der Waals surface area contributed by atoms with Crippen LogP contribution in [-0.4, -0.2) is 23.8 Å². The van der Waals surface area contributed by atoms with Gasteiger partial charge in [0.05, 0.1) is 12.0 Å². The topological polar surface area (TPSA) is 69.3 Å². The SMILES string of the molecule is CC#Cc1ccc2oc3ccc([C@]4(C)CC(=O)N(C)C(=N)N4)cc3c2c1. The van der Waals surface area contributed by atoms with Crippen molar-refractivity contribution in [2.75, 3.05) is 7.05 Å². The summed E-state index contributed by atoms with van der Waals surface area (Å²) in [5.74, 6) is 6.03. The van der Waals surface area contributed by atoms with Crippen LogP contribution in [0.15, 0.2) is 40.8 Å². The largest absolute Gasteiger partial charge is 0.456 e. The van der Waals surface area contributed by atoms with Crippen molar-refractivity contribution in [1.82, 2.24) is 10.2 Å². The summed E-state index contributed by atoms with van der Waals surface area (Å²) in [7, 11) is 1.61. The van der Waals surface area contributed by atoms with Crippen molar-refractivity contribution in [1.29, 1.82) is 5.41 Å². The first-order valence-corrected chi connectivity index (χ1v) is 8.44. The van der Waals surface area contributed by atoms with Gasteiger partial charge in [0, 0.05) is 23.4 Å². The van der Waals surface area contributed by atoms with Crippen LogP contribution in [0.3, 0.4) is 0 Å². The smallest absolute Gasteiger partial charge is 0.231 e. The van der Waals surface area contributed by atoms with Crippen LogP contribution in [0, 0.1) is 17.3 Å². The summed E-state index contributed by atoms with van der Waals surface area (Å²) in [6.45, 7) is 3.76. The standard InChI is InChI=1S/C21H19N3O2/c1-4-5-13-6-8-17-15(10-13)16-11-14(7-9-18(16)26-17)21(2)12-19(25)24(3)20(22)23-21/h6-11H,12H2,1-3H3,(H2,22,23)/t21-/m0/s1. The predicted octanol–water partition coefficient (Wildman–Crippen LogP) is 3.56. The van der Waals surface area contributed by atoms with Gasteiger partial charge in [-0.3, -0.25) is 15.1 Å². The minimum absolute atomic E-state index is 0.0751. The van der Waals surface area contributed by atoms with Crippen molar-refractivity contribution in [3.05, 3.63) is 47.5 Å². The molecular formula is C21H19N3O2. The van der Waals surface area contributed by atoms with E-state index in [2.05, 4.69) is 17.2 Å². The number of hydrogen-bond acceptors (Lipinski definition) is 3. The van der Waals surface area contributed by atoms with Crippen molar-refractivity contribution >= 4 is 33.8 Å². The highest BCUT2D eigenvalue weighted by Crippen LogP contribution is 2.35. The number of benzene rings is 2. The number of amides is 1. The molecule has 0 unspecified atom stereocenters. The van der Waals surface area contributed by atoms with Crippen molar-refractivity contribution in [2.24, 2.45) is 0 Å². The maximum atomic E-state index is 12.2. The summed E-state index contributed by atoms with van der Waals surface area (Å²) in [5.41, 5.74) is 2.87. The Balaban J connectivity index is 1.87. The highest BCUT2D eigenvalue weighted by atomic mass is 16.3. The lowest BCUT2D eigenvalue weighted by Gasteiger charge is -2.39. The Labute approximate surface area is 151 Å². The Bertz CT molecular complexity index is 1110. The quantitative estimate of drug-likeness (QED) is 0.663. The van der Waals surface area contributed by atoms with E-state index in [1.54, 1.807) is 7.05 Å². The maximum absolute atomic E-state index is 12.2. The molecule has 26 heavy (non-hydrogen) atoms. The Morgan fingerprint density at radius 3 is 2.58 bits per heavy atom. The molecule has 1 atom stereocenters. The molecule has 0 aliphatic carbocycles. The summed E-state index contributed by atoms with van der Waals surface area (Å²) in [6.07, 6.45) is 0.291. The fourth-order valence-corrected chi connectivity index (χ4v) is 3.45. The molecule has 130 valence electrons. The van der Waals surface area contributed by atoms with Crippen LogP contribution in [0.5, 0.6) is 0 Å². The zero-order valence-corrected chi connectivity index (χ0v) is 14.9. The van der Waals surface area contributed by atoms with E-state index >= 15 is 0 Å². The number of guanidine groups is 1. The molecule has 1 amide bonds. The molecule has 5 nitrogen and oxygen atoms in total. The third kappa shape index (κ3) is 2.42. The van der Waals surface area contributed by atoms with Crippen molar-refractivity contribution in [3.8, 4) is 11.8 Å². The second-order valence-electron chi connectivity index (χ2n) is 6.83. The number of rotatable bonds is 1. The Morgan fingerprint density at radius 2 is 1.88 bits per heavy atom. The molecule has 1 saturated heterocycles. The van der Waals surface area contributed by atoms with Gasteiger partial charge in [0.25, 0.3) is 0 Å². The minimum atomic E-state index is -0.626. The highest BCUT2D eigenvalue weighted by molar-refractivity contribution is 6.06. The van der Waals surface area contributed by atoms with Crippen LogP contribution in [0.25, 0.3) is 21.9 Å². The summed E-state index contributed by atoms with van der Waals surface area (Å²) >= 11 is 0. The number of furan rings is 1. The van der Waals surface area contributed by atoms with Gasteiger partial charge in [-0.15, -0.1) is 5.92 Å². The number of nitrogens with zero attached hydrogens (tertiary/aromatic N) is 1. The van der Waals surface area contributed by atoms with Gasteiger partial charge in [-0.1, -0.05) is 12.0 Å². The van der Waals surface area contributed by atoms with Gasteiger partial charge in [-0.2, -0.15) is 0 Å². The van der Waals surface area contributed by atoms with Crippen molar-refractivity contribution in [2.45, 2.75) is 25.8 Å². The first-order chi connectivity index (χ1) is 12.4. The van der Waals surface area contributed by atoms with Crippen molar-refractivity contribution in [3.63, 3.8) is 0 Å². The molecule has 0 spiro atoms. The number of carbonyl (C=O) groups excluding carboxylic acids is 1. The minimum Gasteiger partial charge on any atom is -0.456 e. The Kier molecular flexibility index (Phi) is 3.52.